The van der Waals surface area contributed by atoms with Gasteiger partial charge in [-0.2, -0.15) is 0 Å². The first-order chi connectivity index (χ1) is 7.36. The van der Waals surface area contributed by atoms with Crippen LogP contribution >= 0.6 is 0 Å². The standard InChI is InChI=1S/C12H22N2O/c15-12(11-6-7-13-9-11)14-8-5-10-3-1-2-4-10/h10-11,13H,1-9H2,(H,14,15). The van der Waals surface area contributed by atoms with E-state index in [-0.39, 0.29) is 11.8 Å². The maximum absolute atomic E-state index is 11.7. The van der Waals surface area contributed by atoms with Crippen LogP contribution in [0.4, 0.5) is 0 Å². The van der Waals surface area contributed by atoms with E-state index in [1.807, 2.05) is 0 Å². The minimum absolute atomic E-state index is 0.230. The lowest BCUT2D eigenvalue weighted by Gasteiger charge is -2.12. The summed E-state index contributed by atoms with van der Waals surface area (Å²) in [6.45, 7) is 2.76. The van der Waals surface area contributed by atoms with Gasteiger partial charge in [0.1, 0.15) is 0 Å². The van der Waals surface area contributed by atoms with Gasteiger partial charge in [0.05, 0.1) is 5.92 Å². The highest BCUT2D eigenvalue weighted by Gasteiger charge is 2.22. The average Bonchev–Trinajstić information content (AvgIpc) is 2.90. The van der Waals surface area contributed by atoms with Crippen LogP contribution in [0.1, 0.15) is 38.5 Å². The Labute approximate surface area is 92.0 Å². The van der Waals surface area contributed by atoms with E-state index in [1.165, 1.54) is 32.1 Å². The number of rotatable bonds is 4. The van der Waals surface area contributed by atoms with Crippen LogP contribution in [0, 0.1) is 11.8 Å². The molecule has 0 spiro atoms. The molecule has 86 valence electrons. The molecule has 1 heterocycles. The molecule has 15 heavy (non-hydrogen) atoms. The molecule has 0 bridgehead atoms. The lowest BCUT2D eigenvalue weighted by Crippen LogP contribution is -2.33. The van der Waals surface area contributed by atoms with Gasteiger partial charge in [-0.1, -0.05) is 25.7 Å². The molecule has 3 nitrogen and oxygen atoms in total. The van der Waals surface area contributed by atoms with Gasteiger partial charge in [-0.25, -0.2) is 0 Å². The summed E-state index contributed by atoms with van der Waals surface area (Å²) in [6.07, 6.45) is 7.74. The minimum atomic E-state index is 0.230. The summed E-state index contributed by atoms with van der Waals surface area (Å²) in [5, 5.41) is 6.30. The Kier molecular flexibility index (Phi) is 4.01. The van der Waals surface area contributed by atoms with Crippen molar-refractivity contribution in [2.75, 3.05) is 19.6 Å². The molecule has 1 aliphatic heterocycles. The SMILES string of the molecule is O=C(NCCC1CCCC1)C1CCNC1. The van der Waals surface area contributed by atoms with E-state index in [9.17, 15) is 4.79 Å². The summed E-state index contributed by atoms with van der Waals surface area (Å²) in [4.78, 5) is 11.7. The summed E-state index contributed by atoms with van der Waals surface area (Å²) in [7, 11) is 0. The van der Waals surface area contributed by atoms with Gasteiger partial charge < -0.3 is 10.6 Å². The van der Waals surface area contributed by atoms with Gasteiger partial charge in [0.2, 0.25) is 5.91 Å². The van der Waals surface area contributed by atoms with Crippen molar-refractivity contribution in [2.24, 2.45) is 11.8 Å². The normalized spacial score (nSPS) is 27.1. The van der Waals surface area contributed by atoms with Crippen LogP contribution < -0.4 is 10.6 Å². The first-order valence-electron chi connectivity index (χ1n) is 6.34. The average molecular weight is 210 g/mol. The summed E-state index contributed by atoms with van der Waals surface area (Å²) < 4.78 is 0. The van der Waals surface area contributed by atoms with E-state index in [0.29, 0.717) is 0 Å². The zero-order chi connectivity index (χ0) is 10.5. The third-order valence-electron chi connectivity index (χ3n) is 3.76. The predicted octanol–water partition coefficient (Wildman–Crippen LogP) is 1.29. The topological polar surface area (TPSA) is 41.1 Å². The second-order valence-electron chi connectivity index (χ2n) is 4.92. The molecule has 2 fully saturated rings. The van der Waals surface area contributed by atoms with Gasteiger partial charge in [-0.05, 0) is 25.3 Å². The lowest BCUT2D eigenvalue weighted by molar-refractivity contribution is -0.124. The molecule has 1 aliphatic carbocycles. The fourth-order valence-electron chi connectivity index (χ4n) is 2.72. The van der Waals surface area contributed by atoms with Crippen LogP contribution in [-0.2, 0) is 4.79 Å². The molecule has 2 rings (SSSR count). The molecule has 0 aromatic rings. The van der Waals surface area contributed by atoms with Crippen molar-refractivity contribution in [1.82, 2.24) is 10.6 Å². The fraction of sp³-hybridized carbons (Fsp3) is 0.917. The van der Waals surface area contributed by atoms with Gasteiger partial charge in [0.15, 0.2) is 0 Å². The van der Waals surface area contributed by atoms with Gasteiger partial charge in [-0.3, -0.25) is 4.79 Å². The molecule has 1 unspecified atom stereocenters. The van der Waals surface area contributed by atoms with Gasteiger partial charge in [0, 0.05) is 13.1 Å². The maximum Gasteiger partial charge on any atom is 0.224 e. The van der Waals surface area contributed by atoms with E-state index in [4.69, 9.17) is 0 Å². The van der Waals surface area contributed by atoms with Crippen molar-refractivity contribution in [3.8, 4) is 0 Å². The Balaban J connectivity index is 1.58. The molecule has 0 aromatic heterocycles. The van der Waals surface area contributed by atoms with Gasteiger partial charge in [-0.15, -0.1) is 0 Å². The van der Waals surface area contributed by atoms with Gasteiger partial charge in [0.25, 0.3) is 0 Å². The summed E-state index contributed by atoms with van der Waals surface area (Å²) in [5.41, 5.74) is 0. The number of carbonyl (C=O) groups excluding carboxylic acids is 1. The molecular formula is C12H22N2O. The monoisotopic (exact) mass is 210 g/mol. The second kappa shape index (κ2) is 5.50. The van der Waals surface area contributed by atoms with Crippen molar-refractivity contribution in [2.45, 2.75) is 38.5 Å². The summed E-state index contributed by atoms with van der Waals surface area (Å²) in [6, 6.07) is 0. The zero-order valence-corrected chi connectivity index (χ0v) is 9.43. The minimum Gasteiger partial charge on any atom is -0.356 e. The van der Waals surface area contributed by atoms with Crippen LogP contribution in [0.5, 0.6) is 0 Å². The third kappa shape index (κ3) is 3.20. The van der Waals surface area contributed by atoms with Crippen molar-refractivity contribution >= 4 is 5.91 Å². The first kappa shape index (κ1) is 10.9. The van der Waals surface area contributed by atoms with Crippen LogP contribution in [-0.4, -0.2) is 25.5 Å². The van der Waals surface area contributed by atoms with E-state index >= 15 is 0 Å². The van der Waals surface area contributed by atoms with Crippen molar-refractivity contribution < 1.29 is 4.79 Å². The Morgan fingerprint density at radius 2 is 2.07 bits per heavy atom. The third-order valence-corrected chi connectivity index (χ3v) is 3.76. The fourth-order valence-corrected chi connectivity index (χ4v) is 2.72. The molecule has 0 radical (unpaired) electrons. The Morgan fingerprint density at radius 3 is 2.73 bits per heavy atom. The molecule has 0 aromatic carbocycles. The lowest BCUT2D eigenvalue weighted by atomic mass is 10.0. The maximum atomic E-state index is 11.7. The van der Waals surface area contributed by atoms with Gasteiger partial charge >= 0.3 is 0 Å². The number of hydrogen-bond acceptors (Lipinski definition) is 2. The highest BCUT2D eigenvalue weighted by molar-refractivity contribution is 5.79. The highest BCUT2D eigenvalue weighted by atomic mass is 16.1. The van der Waals surface area contributed by atoms with Crippen LogP contribution in [0.15, 0.2) is 0 Å². The highest BCUT2D eigenvalue weighted by Crippen LogP contribution is 2.26. The van der Waals surface area contributed by atoms with E-state index in [0.717, 1.165) is 32.0 Å². The number of amides is 1. The smallest absolute Gasteiger partial charge is 0.224 e. The Morgan fingerprint density at radius 1 is 1.27 bits per heavy atom. The summed E-state index contributed by atoms with van der Waals surface area (Å²) >= 11 is 0. The van der Waals surface area contributed by atoms with Crippen molar-refractivity contribution in [3.63, 3.8) is 0 Å². The molecule has 1 atom stereocenters. The molecule has 2 N–H and O–H groups in total. The number of carbonyl (C=O) groups is 1. The van der Waals surface area contributed by atoms with Crippen LogP contribution in [0.2, 0.25) is 0 Å². The van der Waals surface area contributed by atoms with E-state index in [2.05, 4.69) is 10.6 Å². The Bertz CT molecular complexity index is 206. The number of nitrogens with one attached hydrogen (secondary N) is 2. The molecule has 1 saturated carbocycles. The molecule has 1 amide bonds. The van der Waals surface area contributed by atoms with Crippen LogP contribution in [0.3, 0.4) is 0 Å². The van der Waals surface area contributed by atoms with E-state index < -0.39 is 0 Å². The number of hydrogen-bond donors (Lipinski definition) is 2. The zero-order valence-electron chi connectivity index (χ0n) is 9.43. The predicted molar refractivity (Wildman–Crippen MR) is 60.6 cm³/mol. The Hall–Kier alpha value is -0.570. The summed E-state index contributed by atoms with van der Waals surface area (Å²) in [5.74, 6) is 1.37. The molecular weight excluding hydrogens is 188 g/mol. The first-order valence-corrected chi connectivity index (χ1v) is 6.34. The molecule has 2 aliphatic rings. The van der Waals surface area contributed by atoms with Crippen LogP contribution in [0.25, 0.3) is 0 Å². The quantitative estimate of drug-likeness (QED) is 0.734. The van der Waals surface area contributed by atoms with E-state index in [1.54, 1.807) is 0 Å². The largest absolute Gasteiger partial charge is 0.356 e. The molecule has 1 saturated heterocycles. The van der Waals surface area contributed by atoms with Crippen molar-refractivity contribution in [3.05, 3.63) is 0 Å². The molecule has 3 heteroatoms. The second-order valence-corrected chi connectivity index (χ2v) is 4.92. The van der Waals surface area contributed by atoms with Crippen molar-refractivity contribution in [1.29, 1.82) is 0 Å².